The Morgan fingerprint density at radius 3 is 2.57 bits per heavy atom. The zero-order chi connectivity index (χ0) is 20.7. The van der Waals surface area contributed by atoms with Gasteiger partial charge >= 0.3 is 6.18 Å². The summed E-state index contributed by atoms with van der Waals surface area (Å²) < 4.78 is 46.3. The van der Waals surface area contributed by atoms with E-state index in [1.807, 2.05) is 0 Å². The fraction of sp³-hybridized carbons (Fsp3) is 0.312. The van der Waals surface area contributed by atoms with E-state index in [9.17, 15) is 23.1 Å². The number of para-hydroxylation sites is 1. The minimum absolute atomic E-state index is 0.000790. The van der Waals surface area contributed by atoms with Gasteiger partial charge in [0.2, 0.25) is 0 Å². The van der Waals surface area contributed by atoms with Crippen LogP contribution in [0, 0.1) is 0 Å². The first-order valence-electron chi connectivity index (χ1n) is 7.81. The van der Waals surface area contributed by atoms with Crippen LogP contribution < -0.4 is 4.74 Å². The normalized spacial score (nSPS) is 19.7. The highest BCUT2D eigenvalue weighted by molar-refractivity contribution is 6.37. The van der Waals surface area contributed by atoms with Crippen LogP contribution in [0.2, 0.25) is 10.0 Å². The van der Waals surface area contributed by atoms with Gasteiger partial charge in [0.05, 0.1) is 10.0 Å². The van der Waals surface area contributed by atoms with Crippen molar-refractivity contribution >= 4 is 34.8 Å². The number of alkyl halides is 3. The molecule has 1 aliphatic heterocycles. The number of halogens is 5. The zero-order valence-electron chi connectivity index (χ0n) is 14.2. The number of rotatable bonds is 4. The molecule has 1 N–H and O–H groups in total. The van der Waals surface area contributed by atoms with Crippen molar-refractivity contribution in [3.05, 3.63) is 46.2 Å². The lowest BCUT2D eigenvalue weighted by atomic mass is 10.1. The van der Waals surface area contributed by atoms with Crippen molar-refractivity contribution in [2.24, 2.45) is 5.10 Å². The molecule has 1 aromatic carbocycles. The van der Waals surface area contributed by atoms with E-state index in [4.69, 9.17) is 27.9 Å². The molecule has 0 saturated carbocycles. The standard InChI is InChI=1S/C16H13Cl2F3N4O3/c1-9-7-15(27,16(19,20)21)25(22-9)14(26)12-5-6-24(23-12)8-28-13-10(17)3-2-4-11(13)18/h2-6,27H,7-8H2,1H3. The topological polar surface area (TPSA) is 80.0 Å². The average Bonchev–Trinajstić information content (AvgIpc) is 3.18. The highest BCUT2D eigenvalue weighted by Gasteiger charge is 2.63. The largest absolute Gasteiger partial charge is 0.468 e. The molecule has 1 unspecified atom stereocenters. The van der Waals surface area contributed by atoms with E-state index in [1.54, 1.807) is 18.2 Å². The number of aliphatic hydroxyl groups is 1. The summed E-state index contributed by atoms with van der Waals surface area (Å²) in [5.74, 6) is -1.01. The molecule has 7 nitrogen and oxygen atoms in total. The Balaban J connectivity index is 1.77. The lowest BCUT2D eigenvalue weighted by Crippen LogP contribution is -2.56. The average molecular weight is 437 g/mol. The molecule has 150 valence electrons. The number of nitrogens with zero attached hydrogens (tertiary/aromatic N) is 4. The van der Waals surface area contributed by atoms with Crippen LogP contribution in [0.3, 0.4) is 0 Å². The van der Waals surface area contributed by atoms with Gasteiger partial charge in [-0.3, -0.25) is 4.79 Å². The van der Waals surface area contributed by atoms with Gasteiger partial charge in [0.1, 0.15) is 0 Å². The maximum Gasteiger partial charge on any atom is 0.438 e. The monoisotopic (exact) mass is 436 g/mol. The molecule has 0 spiro atoms. The molecule has 1 aliphatic rings. The highest BCUT2D eigenvalue weighted by atomic mass is 35.5. The van der Waals surface area contributed by atoms with Gasteiger partial charge in [0, 0.05) is 18.3 Å². The first-order valence-corrected chi connectivity index (χ1v) is 8.56. The molecule has 0 fully saturated rings. The third-order valence-corrected chi connectivity index (χ3v) is 4.48. The smallest absolute Gasteiger partial charge is 0.438 e. The van der Waals surface area contributed by atoms with E-state index in [0.717, 1.165) is 4.68 Å². The van der Waals surface area contributed by atoms with E-state index in [0.29, 0.717) is 0 Å². The quantitative estimate of drug-likeness (QED) is 0.792. The number of hydrogen-bond donors (Lipinski definition) is 1. The summed E-state index contributed by atoms with van der Waals surface area (Å²) in [5.41, 5.74) is -3.81. The summed E-state index contributed by atoms with van der Waals surface area (Å²) in [7, 11) is 0. The second kappa shape index (κ2) is 7.26. The van der Waals surface area contributed by atoms with Crippen LogP contribution in [-0.2, 0) is 6.73 Å². The van der Waals surface area contributed by atoms with Gasteiger partial charge in [-0.25, -0.2) is 4.68 Å². The van der Waals surface area contributed by atoms with Gasteiger partial charge < -0.3 is 9.84 Å². The number of amides is 1. The molecule has 1 atom stereocenters. The fourth-order valence-corrected chi connectivity index (χ4v) is 3.07. The predicted octanol–water partition coefficient (Wildman–Crippen LogP) is 3.70. The van der Waals surface area contributed by atoms with Crippen LogP contribution in [0.15, 0.2) is 35.6 Å². The molecule has 2 aromatic rings. The zero-order valence-corrected chi connectivity index (χ0v) is 15.8. The first-order chi connectivity index (χ1) is 13.0. The lowest BCUT2D eigenvalue weighted by molar-refractivity contribution is -0.297. The second-order valence-electron chi connectivity index (χ2n) is 6.01. The molecular weight excluding hydrogens is 424 g/mol. The van der Waals surface area contributed by atoms with Crippen molar-refractivity contribution in [1.29, 1.82) is 0 Å². The minimum atomic E-state index is -5.09. The van der Waals surface area contributed by atoms with Crippen molar-refractivity contribution in [2.45, 2.75) is 32.0 Å². The Morgan fingerprint density at radius 1 is 1.32 bits per heavy atom. The van der Waals surface area contributed by atoms with Gasteiger partial charge in [-0.05, 0) is 25.1 Å². The third kappa shape index (κ3) is 3.67. The molecule has 0 saturated heterocycles. The Morgan fingerprint density at radius 2 is 1.96 bits per heavy atom. The van der Waals surface area contributed by atoms with Crippen molar-refractivity contribution < 1.29 is 27.8 Å². The van der Waals surface area contributed by atoms with Gasteiger partial charge in [-0.15, -0.1) is 0 Å². The van der Waals surface area contributed by atoms with Crippen molar-refractivity contribution in [3.8, 4) is 5.75 Å². The Kier molecular flexibility index (Phi) is 5.30. The van der Waals surface area contributed by atoms with Crippen LogP contribution in [0.4, 0.5) is 13.2 Å². The van der Waals surface area contributed by atoms with E-state index >= 15 is 0 Å². The van der Waals surface area contributed by atoms with E-state index in [2.05, 4.69) is 10.2 Å². The maximum absolute atomic E-state index is 13.2. The predicted molar refractivity (Wildman–Crippen MR) is 94.2 cm³/mol. The van der Waals surface area contributed by atoms with Crippen LogP contribution >= 0.6 is 23.2 Å². The summed E-state index contributed by atoms with van der Waals surface area (Å²) in [4.78, 5) is 12.5. The number of carbonyl (C=O) groups is 1. The number of hydrogen-bond acceptors (Lipinski definition) is 5. The van der Waals surface area contributed by atoms with Crippen LogP contribution in [0.25, 0.3) is 0 Å². The lowest BCUT2D eigenvalue weighted by Gasteiger charge is -2.32. The first kappa shape index (κ1) is 20.4. The Bertz CT molecular complexity index is 927. The molecule has 0 aliphatic carbocycles. The van der Waals surface area contributed by atoms with E-state index < -0.39 is 24.2 Å². The second-order valence-corrected chi connectivity index (χ2v) is 6.82. The number of carbonyl (C=O) groups excluding carboxylic acids is 1. The summed E-state index contributed by atoms with van der Waals surface area (Å²) in [6.07, 6.45) is -4.61. The molecule has 0 bridgehead atoms. The third-order valence-electron chi connectivity index (χ3n) is 3.89. The molecule has 28 heavy (non-hydrogen) atoms. The van der Waals surface area contributed by atoms with Crippen LogP contribution in [-0.4, -0.2) is 43.4 Å². The van der Waals surface area contributed by atoms with Gasteiger partial charge in [-0.1, -0.05) is 29.3 Å². The minimum Gasteiger partial charge on any atom is -0.468 e. The molecule has 12 heteroatoms. The van der Waals surface area contributed by atoms with Gasteiger partial charge in [0.25, 0.3) is 11.6 Å². The van der Waals surface area contributed by atoms with Crippen molar-refractivity contribution in [3.63, 3.8) is 0 Å². The van der Waals surface area contributed by atoms with Crippen LogP contribution in [0.1, 0.15) is 23.8 Å². The van der Waals surface area contributed by atoms with Gasteiger partial charge in [0.15, 0.2) is 18.2 Å². The van der Waals surface area contributed by atoms with Crippen molar-refractivity contribution in [2.75, 3.05) is 0 Å². The summed E-state index contributed by atoms with van der Waals surface area (Å²) in [6, 6.07) is 5.93. The van der Waals surface area contributed by atoms with E-state index in [1.165, 1.54) is 19.2 Å². The maximum atomic E-state index is 13.2. The summed E-state index contributed by atoms with van der Waals surface area (Å²) in [6.45, 7) is 1.08. The highest BCUT2D eigenvalue weighted by Crippen LogP contribution is 2.40. The van der Waals surface area contributed by atoms with Crippen molar-refractivity contribution in [1.82, 2.24) is 14.8 Å². The fourth-order valence-electron chi connectivity index (χ4n) is 2.56. The summed E-state index contributed by atoms with van der Waals surface area (Å²) >= 11 is 12.0. The molecule has 1 amide bonds. The molecular formula is C16H13Cl2F3N4O3. The Labute approximate surface area is 166 Å². The number of hydrazone groups is 1. The molecule has 2 heterocycles. The number of benzene rings is 1. The van der Waals surface area contributed by atoms with Crippen LogP contribution in [0.5, 0.6) is 5.75 Å². The molecule has 0 radical (unpaired) electrons. The number of ether oxygens (including phenoxy) is 1. The van der Waals surface area contributed by atoms with E-state index in [-0.39, 0.29) is 38.9 Å². The van der Waals surface area contributed by atoms with Gasteiger partial charge in [-0.2, -0.15) is 28.4 Å². The number of aromatic nitrogens is 2. The Hall–Kier alpha value is -2.30. The SMILES string of the molecule is CC1=NN(C(=O)c2ccn(COc3c(Cl)cccc3Cl)n2)C(O)(C(F)(F)F)C1. The summed E-state index contributed by atoms with van der Waals surface area (Å²) in [5, 5.41) is 17.9. The molecule has 3 rings (SSSR count). The molecule has 1 aromatic heterocycles.